The van der Waals surface area contributed by atoms with Gasteiger partial charge in [-0.05, 0) is 25.2 Å². The van der Waals surface area contributed by atoms with Gasteiger partial charge >= 0.3 is 0 Å². The molecule has 1 aliphatic rings. The molecule has 1 aromatic heterocycles. The zero-order valence-corrected chi connectivity index (χ0v) is 14.2. The third-order valence-electron chi connectivity index (χ3n) is 4.62. The smallest absolute Gasteiger partial charge is 0.0670 e. The lowest BCUT2D eigenvalue weighted by Gasteiger charge is -2.37. The highest BCUT2D eigenvalue weighted by Gasteiger charge is 2.31. The summed E-state index contributed by atoms with van der Waals surface area (Å²) < 4.78 is 1.94. The molecule has 1 unspecified atom stereocenters. The molecule has 2 rings (SSSR count). The molecule has 1 heterocycles. The highest BCUT2D eigenvalue weighted by atomic mass is 15.3. The number of hydrogen-bond acceptors (Lipinski definition) is 3. The van der Waals surface area contributed by atoms with E-state index in [9.17, 15) is 0 Å². The third-order valence-corrected chi connectivity index (χ3v) is 4.62. The van der Waals surface area contributed by atoms with Crippen molar-refractivity contribution in [3.05, 3.63) is 17.5 Å². The van der Waals surface area contributed by atoms with Crippen LogP contribution in [0.2, 0.25) is 0 Å². The van der Waals surface area contributed by atoms with Gasteiger partial charge in [-0.1, -0.05) is 33.6 Å². The summed E-state index contributed by atoms with van der Waals surface area (Å²) in [6.07, 6.45) is 8.54. The highest BCUT2D eigenvalue weighted by molar-refractivity contribution is 5.22. The molecule has 1 aromatic rings. The first-order valence-electron chi connectivity index (χ1n) is 8.55. The van der Waals surface area contributed by atoms with Crippen molar-refractivity contribution in [3.8, 4) is 0 Å². The second kappa shape index (κ2) is 7.41. The summed E-state index contributed by atoms with van der Waals surface area (Å²) in [6, 6.07) is 1.02. The van der Waals surface area contributed by atoms with Gasteiger partial charge in [0.1, 0.15) is 0 Å². The van der Waals surface area contributed by atoms with E-state index in [4.69, 9.17) is 5.73 Å². The Labute approximate surface area is 129 Å². The van der Waals surface area contributed by atoms with Crippen molar-refractivity contribution >= 4 is 0 Å². The van der Waals surface area contributed by atoms with Crippen molar-refractivity contribution in [1.29, 1.82) is 0 Å². The third kappa shape index (κ3) is 3.86. The Morgan fingerprint density at radius 3 is 2.57 bits per heavy atom. The van der Waals surface area contributed by atoms with E-state index in [1.54, 1.807) is 0 Å². The van der Waals surface area contributed by atoms with E-state index in [1.165, 1.54) is 36.9 Å². The van der Waals surface area contributed by atoms with Crippen molar-refractivity contribution in [2.75, 3.05) is 13.1 Å². The molecule has 4 heteroatoms. The van der Waals surface area contributed by atoms with Crippen molar-refractivity contribution in [3.63, 3.8) is 0 Å². The standard InChI is InChI=1S/C17H32N4/c1-5-16-15(12-20(4)19-16)17(10-18)21(11-13(2)3)14-8-6-7-9-14/h12-14,17H,5-11,18H2,1-4H3. The average molecular weight is 292 g/mol. The van der Waals surface area contributed by atoms with Crippen molar-refractivity contribution < 1.29 is 0 Å². The van der Waals surface area contributed by atoms with Gasteiger partial charge in [-0.25, -0.2) is 0 Å². The van der Waals surface area contributed by atoms with Crippen LogP contribution in [0.5, 0.6) is 0 Å². The van der Waals surface area contributed by atoms with Crippen LogP contribution in [-0.4, -0.2) is 33.8 Å². The Bertz CT molecular complexity index is 432. The maximum Gasteiger partial charge on any atom is 0.0670 e. The van der Waals surface area contributed by atoms with Crippen LogP contribution in [0, 0.1) is 5.92 Å². The lowest BCUT2D eigenvalue weighted by molar-refractivity contribution is 0.121. The summed E-state index contributed by atoms with van der Waals surface area (Å²) in [7, 11) is 2.01. The molecule has 0 radical (unpaired) electrons. The fraction of sp³-hybridized carbons (Fsp3) is 0.824. The summed E-state index contributed by atoms with van der Waals surface area (Å²) in [5.74, 6) is 0.668. The number of aryl methyl sites for hydroxylation is 2. The molecule has 4 nitrogen and oxygen atoms in total. The maximum absolute atomic E-state index is 6.20. The Kier molecular flexibility index (Phi) is 5.82. The van der Waals surface area contributed by atoms with Gasteiger partial charge < -0.3 is 5.73 Å². The fourth-order valence-corrected chi connectivity index (χ4v) is 3.74. The van der Waals surface area contributed by atoms with Crippen LogP contribution in [0.3, 0.4) is 0 Å². The summed E-state index contributed by atoms with van der Waals surface area (Å²) in [4.78, 5) is 2.67. The van der Waals surface area contributed by atoms with Crippen LogP contribution in [0.4, 0.5) is 0 Å². The molecular weight excluding hydrogens is 260 g/mol. The number of nitrogens with two attached hydrogens (primary N) is 1. The van der Waals surface area contributed by atoms with Crippen LogP contribution in [0.25, 0.3) is 0 Å². The van der Waals surface area contributed by atoms with Gasteiger partial charge in [0.25, 0.3) is 0 Å². The molecule has 1 aliphatic carbocycles. The largest absolute Gasteiger partial charge is 0.329 e. The Morgan fingerprint density at radius 2 is 2.05 bits per heavy atom. The molecule has 0 saturated heterocycles. The molecule has 0 aliphatic heterocycles. The lowest BCUT2D eigenvalue weighted by Crippen LogP contribution is -2.42. The second-order valence-corrected chi connectivity index (χ2v) is 6.84. The van der Waals surface area contributed by atoms with Crippen molar-refractivity contribution in [1.82, 2.24) is 14.7 Å². The molecule has 1 atom stereocenters. The quantitative estimate of drug-likeness (QED) is 0.840. The molecule has 0 bridgehead atoms. The monoisotopic (exact) mass is 292 g/mol. The van der Waals surface area contributed by atoms with Crippen LogP contribution in [0.15, 0.2) is 6.20 Å². The molecule has 0 aromatic carbocycles. The van der Waals surface area contributed by atoms with E-state index in [-0.39, 0.29) is 0 Å². The topological polar surface area (TPSA) is 47.1 Å². The van der Waals surface area contributed by atoms with Crippen LogP contribution in [0.1, 0.15) is 63.8 Å². The summed E-state index contributed by atoms with van der Waals surface area (Å²) in [6.45, 7) is 8.60. The highest BCUT2D eigenvalue weighted by Crippen LogP contribution is 2.32. The Morgan fingerprint density at radius 1 is 1.38 bits per heavy atom. The first-order chi connectivity index (χ1) is 10.1. The van der Waals surface area contributed by atoms with Crippen LogP contribution in [-0.2, 0) is 13.5 Å². The molecule has 21 heavy (non-hydrogen) atoms. The van der Waals surface area contributed by atoms with Gasteiger partial charge in [0.2, 0.25) is 0 Å². The predicted octanol–water partition coefficient (Wildman–Crippen LogP) is 2.88. The molecule has 1 fully saturated rings. The Hall–Kier alpha value is -0.870. The maximum atomic E-state index is 6.20. The van der Waals surface area contributed by atoms with Gasteiger partial charge in [0, 0.05) is 37.9 Å². The molecule has 120 valence electrons. The normalized spacial score (nSPS) is 18.0. The minimum absolute atomic E-state index is 0.319. The van der Waals surface area contributed by atoms with E-state index in [2.05, 4.69) is 37.0 Å². The predicted molar refractivity (Wildman–Crippen MR) is 88.2 cm³/mol. The summed E-state index contributed by atoms with van der Waals surface area (Å²) in [5.41, 5.74) is 8.75. The SMILES string of the molecule is CCc1nn(C)cc1C(CN)N(CC(C)C)C1CCCC1. The molecule has 0 amide bonds. The van der Waals surface area contributed by atoms with Gasteiger partial charge in [0.05, 0.1) is 11.7 Å². The van der Waals surface area contributed by atoms with E-state index in [0.29, 0.717) is 24.5 Å². The molecule has 1 saturated carbocycles. The second-order valence-electron chi connectivity index (χ2n) is 6.84. The van der Waals surface area contributed by atoms with E-state index in [0.717, 1.165) is 13.0 Å². The Balaban J connectivity index is 2.28. The van der Waals surface area contributed by atoms with E-state index >= 15 is 0 Å². The number of nitrogens with zero attached hydrogens (tertiary/aromatic N) is 3. The number of hydrogen-bond donors (Lipinski definition) is 1. The molecule has 0 spiro atoms. The minimum Gasteiger partial charge on any atom is -0.329 e. The van der Waals surface area contributed by atoms with Crippen LogP contribution >= 0.6 is 0 Å². The van der Waals surface area contributed by atoms with Gasteiger partial charge in [-0.3, -0.25) is 9.58 Å². The lowest BCUT2D eigenvalue weighted by atomic mass is 10.00. The molecular formula is C17H32N4. The van der Waals surface area contributed by atoms with Crippen molar-refractivity contribution in [2.45, 2.75) is 65.0 Å². The number of rotatable bonds is 7. The zero-order valence-electron chi connectivity index (χ0n) is 14.2. The zero-order chi connectivity index (χ0) is 15.4. The van der Waals surface area contributed by atoms with Crippen LogP contribution < -0.4 is 5.73 Å². The molecule has 2 N–H and O–H groups in total. The van der Waals surface area contributed by atoms with Crippen molar-refractivity contribution in [2.24, 2.45) is 18.7 Å². The summed E-state index contributed by atoms with van der Waals surface area (Å²) in [5, 5.41) is 4.62. The van der Waals surface area contributed by atoms with E-state index < -0.39 is 0 Å². The van der Waals surface area contributed by atoms with Gasteiger partial charge in [0.15, 0.2) is 0 Å². The fourth-order valence-electron chi connectivity index (χ4n) is 3.74. The first-order valence-corrected chi connectivity index (χ1v) is 8.55. The average Bonchev–Trinajstić information content (AvgIpc) is 3.07. The van der Waals surface area contributed by atoms with E-state index in [1.807, 2.05) is 11.7 Å². The minimum atomic E-state index is 0.319. The van der Waals surface area contributed by atoms with Gasteiger partial charge in [-0.2, -0.15) is 5.10 Å². The summed E-state index contributed by atoms with van der Waals surface area (Å²) >= 11 is 0. The van der Waals surface area contributed by atoms with Gasteiger partial charge in [-0.15, -0.1) is 0 Å². The first kappa shape index (κ1) is 16.5. The number of aromatic nitrogens is 2.